The van der Waals surface area contributed by atoms with E-state index in [1.807, 2.05) is 4.90 Å². The number of carbonyl (C=O) groups excluding carboxylic acids is 3. The predicted octanol–water partition coefficient (Wildman–Crippen LogP) is 5.11. The van der Waals surface area contributed by atoms with Crippen LogP contribution in [0.5, 0.6) is 5.75 Å². The Labute approximate surface area is 205 Å². The van der Waals surface area contributed by atoms with Crippen LogP contribution in [0, 0.1) is 0 Å². The summed E-state index contributed by atoms with van der Waals surface area (Å²) in [7, 11) is 0. The quantitative estimate of drug-likeness (QED) is 0.173. The van der Waals surface area contributed by atoms with Crippen molar-refractivity contribution in [2.75, 3.05) is 43.0 Å². The molecule has 0 fully saturated rings. The Balaban J connectivity index is 2.25. The lowest BCUT2D eigenvalue weighted by molar-refractivity contribution is -0.116. The largest absolute Gasteiger partial charge is 0.491 e. The summed E-state index contributed by atoms with van der Waals surface area (Å²) < 4.78 is 11.4. The van der Waals surface area contributed by atoms with Gasteiger partial charge in [0.15, 0.2) is 11.6 Å². The third-order valence-corrected chi connectivity index (χ3v) is 6.00. The maximum Gasteiger partial charge on any atom is 0.338 e. The number of esters is 1. The lowest BCUT2D eigenvalue weighted by atomic mass is 9.86. The molecule has 0 heterocycles. The second kappa shape index (κ2) is 12.8. The molecule has 6 nitrogen and oxygen atoms in total. The Morgan fingerprint density at radius 1 is 0.970 bits per heavy atom. The molecule has 33 heavy (non-hydrogen) atoms. The van der Waals surface area contributed by atoms with Crippen molar-refractivity contribution in [2.45, 2.75) is 40.5 Å². The van der Waals surface area contributed by atoms with Gasteiger partial charge in [0.2, 0.25) is 0 Å². The van der Waals surface area contributed by atoms with Gasteiger partial charge in [-0.2, -0.15) is 0 Å². The third kappa shape index (κ3) is 6.61. The minimum Gasteiger partial charge on any atom is -0.491 e. The van der Waals surface area contributed by atoms with Crippen molar-refractivity contribution >= 4 is 46.4 Å². The van der Waals surface area contributed by atoms with Crippen LogP contribution in [0.1, 0.15) is 50.9 Å². The average molecular weight is 496 g/mol. The van der Waals surface area contributed by atoms with Gasteiger partial charge in [0.05, 0.1) is 17.9 Å². The molecule has 0 saturated carbocycles. The van der Waals surface area contributed by atoms with Crippen molar-refractivity contribution < 1.29 is 23.9 Å². The van der Waals surface area contributed by atoms with Crippen molar-refractivity contribution in [3.8, 4) is 5.75 Å². The molecule has 0 spiro atoms. The Morgan fingerprint density at radius 2 is 1.61 bits per heavy atom. The number of rotatable bonds is 12. The van der Waals surface area contributed by atoms with Gasteiger partial charge in [-0.25, -0.2) is 4.79 Å². The van der Waals surface area contributed by atoms with Gasteiger partial charge < -0.3 is 14.4 Å². The molecule has 180 valence electrons. The van der Waals surface area contributed by atoms with Gasteiger partial charge in [-0.15, -0.1) is 23.2 Å². The van der Waals surface area contributed by atoms with Crippen LogP contribution in [0.15, 0.2) is 40.5 Å². The molecule has 2 rings (SSSR count). The van der Waals surface area contributed by atoms with Gasteiger partial charge >= 0.3 is 5.97 Å². The lowest BCUT2D eigenvalue weighted by Crippen LogP contribution is -2.28. The molecule has 0 unspecified atom stereocenters. The summed E-state index contributed by atoms with van der Waals surface area (Å²) in [4.78, 5) is 39.7. The summed E-state index contributed by atoms with van der Waals surface area (Å²) in [5.41, 5.74) is 2.42. The van der Waals surface area contributed by atoms with E-state index in [2.05, 4.69) is 6.92 Å². The molecular formula is C25H31Cl2NO5. The highest BCUT2D eigenvalue weighted by Crippen LogP contribution is 2.31. The van der Waals surface area contributed by atoms with Gasteiger partial charge in [-0.1, -0.05) is 13.3 Å². The minimum atomic E-state index is -0.604. The number of benzene rings is 1. The molecule has 0 amide bonds. The Morgan fingerprint density at radius 3 is 2.21 bits per heavy atom. The van der Waals surface area contributed by atoms with E-state index in [0.29, 0.717) is 59.5 Å². The van der Waals surface area contributed by atoms with Crippen LogP contribution < -0.4 is 9.64 Å². The molecule has 1 aromatic carbocycles. The summed E-state index contributed by atoms with van der Waals surface area (Å²) in [5.74, 6) is 0.309. The van der Waals surface area contributed by atoms with Crippen molar-refractivity contribution in [2.24, 2.45) is 0 Å². The molecule has 1 aliphatic carbocycles. The Hall–Kier alpha value is -2.31. The first-order valence-corrected chi connectivity index (χ1v) is 12.1. The standard InChI is InChI=1S/C25H31Cl2NO5/c1-5-6-13-32-22-14-19(7-8-21(22)28(11-9-26)12-10-27)25(31)33-15-20-18(4)23(29)16(2)17(3)24(20)30/h7-8,14H,5-6,9-13,15H2,1-4H3. The minimum absolute atomic E-state index is 0.201. The van der Waals surface area contributed by atoms with E-state index in [0.717, 1.165) is 18.5 Å². The molecule has 1 aromatic rings. The molecule has 0 aliphatic heterocycles. The monoisotopic (exact) mass is 495 g/mol. The van der Waals surface area contributed by atoms with Crippen LogP contribution in [-0.4, -0.2) is 55.6 Å². The molecule has 0 aromatic heterocycles. The van der Waals surface area contributed by atoms with E-state index < -0.39 is 5.97 Å². The zero-order valence-corrected chi connectivity index (χ0v) is 21.1. The summed E-state index contributed by atoms with van der Waals surface area (Å²) in [5, 5.41) is 0. The molecule has 0 saturated heterocycles. The number of hydrogen-bond acceptors (Lipinski definition) is 6. The van der Waals surface area contributed by atoms with E-state index in [1.54, 1.807) is 39.0 Å². The first-order chi connectivity index (χ1) is 15.8. The van der Waals surface area contributed by atoms with E-state index in [9.17, 15) is 14.4 Å². The number of alkyl halides is 2. The van der Waals surface area contributed by atoms with Crippen molar-refractivity contribution in [3.63, 3.8) is 0 Å². The first kappa shape index (κ1) is 26.9. The van der Waals surface area contributed by atoms with Crippen molar-refractivity contribution in [1.82, 2.24) is 0 Å². The fourth-order valence-corrected chi connectivity index (χ4v) is 3.86. The first-order valence-electron chi connectivity index (χ1n) is 11.0. The Bertz CT molecular complexity index is 962. The number of ketones is 2. The highest BCUT2D eigenvalue weighted by molar-refractivity contribution is 6.24. The molecule has 8 heteroatoms. The maximum absolute atomic E-state index is 12.8. The zero-order chi connectivity index (χ0) is 24.5. The van der Waals surface area contributed by atoms with Crippen LogP contribution in [0.25, 0.3) is 0 Å². The van der Waals surface area contributed by atoms with E-state index in [1.165, 1.54) is 0 Å². The van der Waals surface area contributed by atoms with Crippen LogP contribution >= 0.6 is 23.2 Å². The number of ether oxygens (including phenoxy) is 2. The number of Topliss-reactive ketones (excluding diaryl/α,β-unsaturated/α-hetero) is 2. The van der Waals surface area contributed by atoms with Gasteiger partial charge in [0, 0.05) is 47.1 Å². The van der Waals surface area contributed by atoms with Gasteiger partial charge in [0.1, 0.15) is 12.4 Å². The van der Waals surface area contributed by atoms with Gasteiger partial charge in [-0.05, 0) is 45.4 Å². The molecular weight excluding hydrogens is 465 g/mol. The number of unbranched alkanes of at least 4 members (excludes halogenated alkanes) is 1. The van der Waals surface area contributed by atoms with Crippen molar-refractivity contribution in [1.29, 1.82) is 0 Å². The molecule has 0 radical (unpaired) electrons. The number of halogens is 2. The predicted molar refractivity (Wildman–Crippen MR) is 132 cm³/mol. The number of anilines is 1. The van der Waals surface area contributed by atoms with Crippen LogP contribution in [0.4, 0.5) is 5.69 Å². The Kier molecular flexibility index (Phi) is 10.5. The highest BCUT2D eigenvalue weighted by Gasteiger charge is 2.28. The fraction of sp³-hybridized carbons (Fsp3) is 0.480. The highest BCUT2D eigenvalue weighted by atomic mass is 35.5. The van der Waals surface area contributed by atoms with Crippen LogP contribution in [-0.2, 0) is 14.3 Å². The van der Waals surface area contributed by atoms with Crippen LogP contribution in [0.3, 0.4) is 0 Å². The second-order valence-corrected chi connectivity index (χ2v) is 8.59. The topological polar surface area (TPSA) is 72.9 Å². The molecule has 0 atom stereocenters. The molecule has 0 N–H and O–H groups in total. The number of nitrogens with zero attached hydrogens (tertiary/aromatic N) is 1. The van der Waals surface area contributed by atoms with Gasteiger partial charge in [-0.3, -0.25) is 9.59 Å². The smallest absolute Gasteiger partial charge is 0.338 e. The molecule has 1 aliphatic rings. The fourth-order valence-electron chi connectivity index (χ4n) is 3.45. The number of carbonyl (C=O) groups is 3. The SMILES string of the molecule is CCCCOc1cc(C(=O)OCC2=C(C)C(=O)C(C)=C(C)C2=O)ccc1N(CCCl)CCCl. The second-order valence-electron chi connectivity index (χ2n) is 7.84. The zero-order valence-electron chi connectivity index (χ0n) is 19.6. The maximum atomic E-state index is 12.8. The van der Waals surface area contributed by atoms with E-state index >= 15 is 0 Å². The summed E-state index contributed by atoms with van der Waals surface area (Å²) in [6.45, 7) is 8.28. The molecule has 0 bridgehead atoms. The summed E-state index contributed by atoms with van der Waals surface area (Å²) in [6, 6.07) is 5.06. The van der Waals surface area contributed by atoms with Gasteiger partial charge in [0.25, 0.3) is 0 Å². The number of hydrogen-bond donors (Lipinski definition) is 0. The normalized spacial score (nSPS) is 14.1. The van der Waals surface area contributed by atoms with E-state index in [4.69, 9.17) is 32.7 Å². The van der Waals surface area contributed by atoms with Crippen molar-refractivity contribution in [3.05, 3.63) is 46.1 Å². The average Bonchev–Trinajstić information content (AvgIpc) is 2.81. The number of allylic oxidation sites excluding steroid dienone is 3. The van der Waals surface area contributed by atoms with Crippen LogP contribution in [0.2, 0.25) is 0 Å². The van der Waals surface area contributed by atoms with E-state index in [-0.39, 0.29) is 23.7 Å². The summed E-state index contributed by atoms with van der Waals surface area (Å²) in [6.07, 6.45) is 1.84. The third-order valence-electron chi connectivity index (χ3n) is 5.66. The summed E-state index contributed by atoms with van der Waals surface area (Å²) >= 11 is 11.9. The lowest BCUT2D eigenvalue weighted by Gasteiger charge is -2.26.